The average molecular weight is 318 g/mol. The van der Waals surface area contributed by atoms with Crippen LogP contribution in [0.5, 0.6) is 0 Å². The lowest BCUT2D eigenvalue weighted by molar-refractivity contribution is 0.261. The molecule has 1 atom stereocenters. The number of fused-ring (bicyclic) bond motifs is 1. The molecule has 4 rings (SSSR count). The maximum absolute atomic E-state index is 12.9. The van der Waals surface area contributed by atoms with E-state index in [0.717, 1.165) is 24.9 Å². The Kier molecular flexibility index (Phi) is 3.32. The molecular weight excluding hydrogens is 300 g/mol. The second-order valence-corrected chi connectivity index (χ2v) is 7.73. The van der Waals surface area contributed by atoms with E-state index in [4.69, 9.17) is 4.42 Å². The summed E-state index contributed by atoms with van der Waals surface area (Å²) in [6, 6.07) is 7.35. The first-order chi connectivity index (χ1) is 10.7. The molecule has 2 aliphatic rings. The number of furan rings is 1. The predicted octanol–water partition coefficient (Wildman–Crippen LogP) is 2.07. The summed E-state index contributed by atoms with van der Waals surface area (Å²) in [4.78, 5) is 2.60. The SMILES string of the molecule is O=S(=O)(c1cccc2ccoc12)N1CCC(N2CC=CC2)C1. The van der Waals surface area contributed by atoms with Gasteiger partial charge < -0.3 is 4.42 Å². The fraction of sp³-hybridized carbons (Fsp3) is 0.375. The van der Waals surface area contributed by atoms with Crippen molar-refractivity contribution in [3.8, 4) is 0 Å². The quantitative estimate of drug-likeness (QED) is 0.813. The molecule has 5 nitrogen and oxygen atoms in total. The van der Waals surface area contributed by atoms with Crippen molar-refractivity contribution in [1.29, 1.82) is 0 Å². The van der Waals surface area contributed by atoms with E-state index in [1.807, 2.05) is 6.07 Å². The van der Waals surface area contributed by atoms with Crippen molar-refractivity contribution >= 4 is 21.0 Å². The third kappa shape index (κ3) is 2.18. The molecule has 0 spiro atoms. The Morgan fingerprint density at radius 2 is 1.95 bits per heavy atom. The van der Waals surface area contributed by atoms with Crippen LogP contribution in [0.3, 0.4) is 0 Å². The number of para-hydroxylation sites is 1. The van der Waals surface area contributed by atoms with Gasteiger partial charge in [0, 0.05) is 37.6 Å². The molecule has 22 heavy (non-hydrogen) atoms. The summed E-state index contributed by atoms with van der Waals surface area (Å²) in [6.45, 7) is 2.97. The number of sulfonamides is 1. The topological polar surface area (TPSA) is 53.8 Å². The highest BCUT2D eigenvalue weighted by molar-refractivity contribution is 7.89. The molecule has 2 aromatic rings. The maximum Gasteiger partial charge on any atom is 0.246 e. The lowest BCUT2D eigenvalue weighted by atomic mass is 10.2. The molecule has 0 bridgehead atoms. The molecule has 1 fully saturated rings. The van der Waals surface area contributed by atoms with Gasteiger partial charge in [-0.15, -0.1) is 0 Å². The van der Waals surface area contributed by atoms with Crippen LogP contribution >= 0.6 is 0 Å². The molecule has 3 heterocycles. The zero-order chi connectivity index (χ0) is 15.2. The zero-order valence-electron chi connectivity index (χ0n) is 12.2. The van der Waals surface area contributed by atoms with Gasteiger partial charge in [0.05, 0.1) is 6.26 Å². The van der Waals surface area contributed by atoms with Gasteiger partial charge in [0.15, 0.2) is 5.58 Å². The number of benzene rings is 1. The van der Waals surface area contributed by atoms with Crippen molar-refractivity contribution in [2.24, 2.45) is 0 Å². The smallest absolute Gasteiger partial charge is 0.246 e. The summed E-state index contributed by atoms with van der Waals surface area (Å²) in [5.41, 5.74) is 0.453. The first-order valence-electron chi connectivity index (χ1n) is 7.52. The van der Waals surface area contributed by atoms with E-state index in [9.17, 15) is 8.42 Å². The minimum atomic E-state index is -3.51. The van der Waals surface area contributed by atoms with E-state index in [1.165, 1.54) is 6.26 Å². The van der Waals surface area contributed by atoms with Crippen molar-refractivity contribution in [3.63, 3.8) is 0 Å². The van der Waals surface area contributed by atoms with Gasteiger partial charge in [-0.2, -0.15) is 4.31 Å². The number of rotatable bonds is 3. The lowest BCUT2D eigenvalue weighted by Crippen LogP contribution is -2.37. The Morgan fingerprint density at radius 1 is 1.14 bits per heavy atom. The van der Waals surface area contributed by atoms with Crippen LogP contribution in [0, 0.1) is 0 Å². The van der Waals surface area contributed by atoms with E-state index in [1.54, 1.807) is 22.5 Å². The number of nitrogens with zero attached hydrogens (tertiary/aromatic N) is 2. The van der Waals surface area contributed by atoms with Gasteiger partial charge in [-0.3, -0.25) is 4.90 Å². The molecule has 0 radical (unpaired) electrons. The van der Waals surface area contributed by atoms with Crippen molar-refractivity contribution in [1.82, 2.24) is 9.21 Å². The monoisotopic (exact) mass is 318 g/mol. The molecule has 1 aromatic carbocycles. The van der Waals surface area contributed by atoms with Gasteiger partial charge in [0.25, 0.3) is 0 Å². The number of hydrogen-bond donors (Lipinski definition) is 0. The summed E-state index contributed by atoms with van der Waals surface area (Å²) in [5.74, 6) is 0. The van der Waals surface area contributed by atoms with E-state index in [0.29, 0.717) is 24.7 Å². The molecule has 0 amide bonds. The average Bonchev–Trinajstić information content (AvgIpc) is 3.25. The van der Waals surface area contributed by atoms with Gasteiger partial charge in [0.1, 0.15) is 4.90 Å². The molecule has 0 N–H and O–H groups in total. The van der Waals surface area contributed by atoms with Crippen molar-refractivity contribution in [2.75, 3.05) is 26.2 Å². The van der Waals surface area contributed by atoms with Gasteiger partial charge in [-0.05, 0) is 18.6 Å². The second kappa shape index (κ2) is 5.22. The van der Waals surface area contributed by atoms with E-state index in [-0.39, 0.29) is 4.90 Å². The van der Waals surface area contributed by atoms with Crippen molar-refractivity contribution in [3.05, 3.63) is 42.7 Å². The molecule has 0 saturated carbocycles. The second-order valence-electron chi connectivity index (χ2n) is 5.83. The summed E-state index contributed by atoms with van der Waals surface area (Å²) in [7, 11) is -3.51. The highest BCUT2D eigenvalue weighted by atomic mass is 32.2. The third-order valence-electron chi connectivity index (χ3n) is 4.55. The van der Waals surface area contributed by atoms with Gasteiger partial charge in [-0.1, -0.05) is 24.3 Å². The molecule has 2 aliphatic heterocycles. The Bertz CT molecular complexity index is 817. The maximum atomic E-state index is 12.9. The Labute approximate surface area is 129 Å². The molecule has 1 unspecified atom stereocenters. The van der Waals surface area contributed by atoms with Crippen LogP contribution < -0.4 is 0 Å². The normalized spacial score (nSPS) is 23.7. The van der Waals surface area contributed by atoms with E-state index in [2.05, 4.69) is 17.1 Å². The molecular formula is C16H18N2O3S. The van der Waals surface area contributed by atoms with Crippen molar-refractivity contribution < 1.29 is 12.8 Å². The summed E-state index contributed by atoms with van der Waals surface area (Å²) in [5, 5.41) is 0.820. The fourth-order valence-electron chi connectivity index (χ4n) is 3.33. The Balaban J connectivity index is 1.63. The van der Waals surface area contributed by atoms with Gasteiger partial charge in [0.2, 0.25) is 10.0 Å². The van der Waals surface area contributed by atoms with Crippen LogP contribution in [0.4, 0.5) is 0 Å². The van der Waals surface area contributed by atoms with Crippen LogP contribution in [0.25, 0.3) is 11.0 Å². The first-order valence-corrected chi connectivity index (χ1v) is 8.96. The first kappa shape index (κ1) is 14.0. The van der Waals surface area contributed by atoms with Crippen molar-refractivity contribution in [2.45, 2.75) is 17.4 Å². The summed E-state index contributed by atoms with van der Waals surface area (Å²) < 4.78 is 32.9. The standard InChI is InChI=1S/C16H18N2O3S/c19-22(20,15-5-3-4-13-7-11-21-16(13)15)18-10-6-14(12-18)17-8-1-2-9-17/h1-5,7,11,14H,6,8-10,12H2. The Hall–Kier alpha value is -1.63. The molecule has 6 heteroatoms. The molecule has 116 valence electrons. The third-order valence-corrected chi connectivity index (χ3v) is 6.44. The highest BCUT2D eigenvalue weighted by Gasteiger charge is 2.36. The number of hydrogen-bond acceptors (Lipinski definition) is 4. The minimum Gasteiger partial charge on any atom is -0.463 e. The largest absolute Gasteiger partial charge is 0.463 e. The minimum absolute atomic E-state index is 0.273. The molecule has 1 aromatic heterocycles. The van der Waals surface area contributed by atoms with Crippen LogP contribution in [-0.2, 0) is 10.0 Å². The van der Waals surface area contributed by atoms with Crippen LogP contribution in [-0.4, -0.2) is 49.8 Å². The van der Waals surface area contributed by atoms with E-state index >= 15 is 0 Å². The van der Waals surface area contributed by atoms with Crippen LogP contribution in [0.2, 0.25) is 0 Å². The van der Waals surface area contributed by atoms with E-state index < -0.39 is 10.0 Å². The highest BCUT2D eigenvalue weighted by Crippen LogP contribution is 2.29. The molecule has 0 aliphatic carbocycles. The lowest BCUT2D eigenvalue weighted by Gasteiger charge is -2.23. The van der Waals surface area contributed by atoms with Crippen LogP contribution in [0.15, 0.2) is 52.0 Å². The Morgan fingerprint density at radius 3 is 2.77 bits per heavy atom. The van der Waals surface area contributed by atoms with Gasteiger partial charge in [-0.25, -0.2) is 8.42 Å². The predicted molar refractivity (Wildman–Crippen MR) is 84.1 cm³/mol. The summed E-state index contributed by atoms with van der Waals surface area (Å²) >= 11 is 0. The molecule has 1 saturated heterocycles. The van der Waals surface area contributed by atoms with Crippen LogP contribution in [0.1, 0.15) is 6.42 Å². The van der Waals surface area contributed by atoms with Gasteiger partial charge >= 0.3 is 0 Å². The zero-order valence-corrected chi connectivity index (χ0v) is 13.0. The summed E-state index contributed by atoms with van der Waals surface area (Å²) in [6.07, 6.45) is 6.70. The fourth-order valence-corrected chi connectivity index (χ4v) is 4.97.